The van der Waals surface area contributed by atoms with Crippen molar-refractivity contribution in [1.82, 2.24) is 14.2 Å². The monoisotopic (exact) mass is 301 g/mol. The first-order valence-corrected chi connectivity index (χ1v) is 8.38. The molecule has 7 heteroatoms. The third-order valence-corrected chi connectivity index (χ3v) is 4.82. The quantitative estimate of drug-likeness (QED) is 0.688. The molecular weight excluding hydrogens is 278 g/mol. The number of hydrogen-bond donors (Lipinski definition) is 2. The fraction of sp³-hybridized carbons (Fsp3) is 0.692. The van der Waals surface area contributed by atoms with Gasteiger partial charge in [0.1, 0.15) is 0 Å². The molecule has 0 bridgehead atoms. The molecule has 1 heterocycles. The lowest BCUT2D eigenvalue weighted by atomic mass is 10.4. The van der Waals surface area contributed by atoms with Crippen LogP contribution in [0, 0.1) is 0 Å². The van der Waals surface area contributed by atoms with Gasteiger partial charge in [0.2, 0.25) is 10.0 Å². The molecular formula is C13H23N3O3S. The molecule has 0 unspecified atom stereocenters. The maximum absolute atomic E-state index is 12.2. The van der Waals surface area contributed by atoms with E-state index in [1.54, 1.807) is 12.3 Å². The van der Waals surface area contributed by atoms with Gasteiger partial charge in [0.05, 0.1) is 11.5 Å². The van der Waals surface area contributed by atoms with Crippen LogP contribution in [-0.2, 0) is 16.6 Å². The highest BCUT2D eigenvalue weighted by atomic mass is 32.2. The Balaban J connectivity index is 2.01. The Morgan fingerprint density at radius 2 is 2.15 bits per heavy atom. The van der Waals surface area contributed by atoms with Crippen LogP contribution < -0.4 is 4.72 Å². The molecule has 0 spiro atoms. The Bertz CT molecular complexity index is 547. The molecule has 2 rings (SSSR count). The first-order valence-electron chi connectivity index (χ1n) is 6.90. The number of nitrogens with one attached hydrogen (secondary N) is 1. The van der Waals surface area contributed by atoms with Gasteiger partial charge < -0.3 is 14.6 Å². The maximum Gasteiger partial charge on any atom is 0.242 e. The first kappa shape index (κ1) is 15.5. The number of nitrogens with zero attached hydrogens (tertiary/aromatic N) is 2. The number of aliphatic hydroxyl groups excluding tert-OH is 1. The largest absolute Gasteiger partial charge is 0.390 e. The van der Waals surface area contributed by atoms with E-state index < -0.39 is 10.0 Å². The van der Waals surface area contributed by atoms with Crippen LogP contribution in [0.2, 0.25) is 0 Å². The number of hydrogen-bond acceptors (Lipinski definition) is 4. The highest BCUT2D eigenvalue weighted by molar-refractivity contribution is 7.89. The molecule has 114 valence electrons. The minimum Gasteiger partial charge on any atom is -0.390 e. The molecule has 0 atom stereocenters. The zero-order chi connectivity index (χ0) is 14.8. The normalized spacial score (nSPS) is 16.0. The Kier molecular flexibility index (Phi) is 4.85. The van der Waals surface area contributed by atoms with Gasteiger partial charge in [-0.05, 0) is 46.0 Å². The number of aliphatic hydroxyl groups is 1. The zero-order valence-corrected chi connectivity index (χ0v) is 12.9. The van der Waals surface area contributed by atoms with Crippen molar-refractivity contribution < 1.29 is 13.5 Å². The summed E-state index contributed by atoms with van der Waals surface area (Å²) in [6.45, 7) is 1.13. The predicted molar refractivity (Wildman–Crippen MR) is 77.0 cm³/mol. The van der Waals surface area contributed by atoms with Crippen LogP contribution in [-0.4, -0.2) is 50.2 Å². The van der Waals surface area contributed by atoms with Crippen molar-refractivity contribution in [2.75, 3.05) is 27.2 Å². The standard InChI is InChI=1S/C13H23N3O3S/c1-15(2)7-3-6-14-20(18,19)13-8-12(10-17)16(9-13)11-4-5-11/h8-9,11,14,17H,3-7,10H2,1-2H3. The molecule has 1 aliphatic rings. The predicted octanol–water partition coefficient (Wildman–Crippen LogP) is 0.545. The lowest BCUT2D eigenvalue weighted by Crippen LogP contribution is -2.27. The minimum absolute atomic E-state index is 0.132. The SMILES string of the molecule is CN(C)CCCNS(=O)(=O)c1cc(CO)n(C2CC2)c1. The zero-order valence-electron chi connectivity index (χ0n) is 12.0. The maximum atomic E-state index is 12.2. The van der Waals surface area contributed by atoms with E-state index in [4.69, 9.17) is 0 Å². The van der Waals surface area contributed by atoms with E-state index in [1.807, 2.05) is 23.6 Å². The Morgan fingerprint density at radius 1 is 1.45 bits per heavy atom. The molecule has 0 radical (unpaired) electrons. The molecule has 1 aromatic heterocycles. The highest BCUT2D eigenvalue weighted by Crippen LogP contribution is 2.37. The van der Waals surface area contributed by atoms with Gasteiger partial charge >= 0.3 is 0 Å². The summed E-state index contributed by atoms with van der Waals surface area (Å²) in [5, 5.41) is 9.31. The van der Waals surface area contributed by atoms with Crippen LogP contribution in [0.1, 0.15) is 31.0 Å². The van der Waals surface area contributed by atoms with Crippen molar-refractivity contribution in [2.45, 2.75) is 36.8 Å². The topological polar surface area (TPSA) is 74.6 Å². The van der Waals surface area contributed by atoms with E-state index in [0.29, 0.717) is 18.3 Å². The van der Waals surface area contributed by atoms with Crippen LogP contribution in [0.3, 0.4) is 0 Å². The second-order valence-electron chi connectivity index (χ2n) is 5.52. The van der Waals surface area contributed by atoms with Gasteiger partial charge in [-0.15, -0.1) is 0 Å². The third-order valence-electron chi connectivity index (χ3n) is 3.39. The smallest absolute Gasteiger partial charge is 0.242 e. The molecule has 0 aromatic carbocycles. The molecule has 0 aliphatic heterocycles. The molecule has 1 aromatic rings. The average Bonchev–Trinajstić information content (AvgIpc) is 3.13. The molecule has 6 nitrogen and oxygen atoms in total. The van der Waals surface area contributed by atoms with Crippen LogP contribution in [0.15, 0.2) is 17.2 Å². The lowest BCUT2D eigenvalue weighted by Gasteiger charge is -2.09. The molecule has 1 aliphatic carbocycles. The van der Waals surface area contributed by atoms with Gasteiger partial charge in [-0.3, -0.25) is 0 Å². The van der Waals surface area contributed by atoms with E-state index in [2.05, 4.69) is 4.72 Å². The van der Waals surface area contributed by atoms with Crippen LogP contribution in [0.25, 0.3) is 0 Å². The Labute approximate surface area is 120 Å². The van der Waals surface area contributed by atoms with Gasteiger partial charge in [-0.1, -0.05) is 0 Å². The molecule has 1 saturated carbocycles. The molecule has 1 fully saturated rings. The van der Waals surface area contributed by atoms with Gasteiger partial charge in [-0.2, -0.15) is 0 Å². The highest BCUT2D eigenvalue weighted by Gasteiger charge is 2.27. The van der Waals surface area contributed by atoms with Gasteiger partial charge in [-0.25, -0.2) is 13.1 Å². The summed E-state index contributed by atoms with van der Waals surface area (Å²) in [4.78, 5) is 2.26. The second kappa shape index (κ2) is 6.26. The van der Waals surface area contributed by atoms with Crippen LogP contribution >= 0.6 is 0 Å². The van der Waals surface area contributed by atoms with Gasteiger partial charge in [0.25, 0.3) is 0 Å². The van der Waals surface area contributed by atoms with E-state index in [1.165, 1.54) is 0 Å². The summed E-state index contributed by atoms with van der Waals surface area (Å²) < 4.78 is 28.9. The van der Waals surface area contributed by atoms with E-state index in [0.717, 1.165) is 25.8 Å². The van der Waals surface area contributed by atoms with Crippen molar-refractivity contribution in [1.29, 1.82) is 0 Å². The lowest BCUT2D eigenvalue weighted by molar-refractivity contribution is 0.270. The van der Waals surface area contributed by atoms with Crippen molar-refractivity contribution in [3.8, 4) is 0 Å². The molecule has 2 N–H and O–H groups in total. The molecule has 20 heavy (non-hydrogen) atoms. The van der Waals surface area contributed by atoms with Crippen molar-refractivity contribution in [3.05, 3.63) is 18.0 Å². The fourth-order valence-electron chi connectivity index (χ4n) is 2.15. The summed E-state index contributed by atoms with van der Waals surface area (Å²) in [5.41, 5.74) is 0.668. The summed E-state index contributed by atoms with van der Waals surface area (Å²) in [6, 6.07) is 1.92. The van der Waals surface area contributed by atoms with E-state index >= 15 is 0 Å². The molecule has 0 saturated heterocycles. The fourth-order valence-corrected chi connectivity index (χ4v) is 3.27. The van der Waals surface area contributed by atoms with Crippen LogP contribution in [0.5, 0.6) is 0 Å². The third kappa shape index (κ3) is 3.82. The summed E-state index contributed by atoms with van der Waals surface area (Å²) >= 11 is 0. The summed E-state index contributed by atoms with van der Waals surface area (Å²) in [7, 11) is 0.436. The number of rotatable bonds is 8. The van der Waals surface area contributed by atoms with Crippen molar-refractivity contribution in [3.63, 3.8) is 0 Å². The van der Waals surface area contributed by atoms with Crippen molar-refractivity contribution in [2.24, 2.45) is 0 Å². The number of sulfonamides is 1. The number of aromatic nitrogens is 1. The Hall–Kier alpha value is -0.890. The van der Waals surface area contributed by atoms with Gasteiger partial charge in [0, 0.05) is 24.5 Å². The van der Waals surface area contributed by atoms with E-state index in [-0.39, 0.29) is 11.5 Å². The van der Waals surface area contributed by atoms with Gasteiger partial charge in [0.15, 0.2) is 0 Å². The first-order chi connectivity index (χ1) is 9.44. The summed E-state index contributed by atoms with van der Waals surface area (Å²) in [5.74, 6) is 0. The second-order valence-corrected chi connectivity index (χ2v) is 7.29. The van der Waals surface area contributed by atoms with Crippen molar-refractivity contribution >= 4 is 10.0 Å². The summed E-state index contributed by atoms with van der Waals surface area (Å²) in [6.07, 6.45) is 4.51. The molecule has 0 amide bonds. The Morgan fingerprint density at radius 3 is 2.70 bits per heavy atom. The minimum atomic E-state index is -3.48. The van der Waals surface area contributed by atoms with Crippen LogP contribution in [0.4, 0.5) is 0 Å². The average molecular weight is 301 g/mol. The van der Waals surface area contributed by atoms with E-state index in [9.17, 15) is 13.5 Å².